The van der Waals surface area contributed by atoms with Crippen LogP contribution in [0.5, 0.6) is 0 Å². The van der Waals surface area contributed by atoms with E-state index in [1.54, 1.807) is 6.20 Å². The van der Waals surface area contributed by atoms with Gasteiger partial charge in [0.2, 0.25) is 0 Å². The first kappa shape index (κ1) is 29.3. The van der Waals surface area contributed by atoms with Gasteiger partial charge in [0.05, 0.1) is 24.9 Å². The molecule has 3 heterocycles. The Labute approximate surface area is 256 Å². The van der Waals surface area contributed by atoms with Crippen molar-refractivity contribution in [1.29, 1.82) is 0 Å². The van der Waals surface area contributed by atoms with E-state index in [0.29, 0.717) is 24.9 Å². The van der Waals surface area contributed by atoms with Crippen molar-refractivity contribution >= 4 is 46.9 Å². The van der Waals surface area contributed by atoms with Gasteiger partial charge in [-0.1, -0.05) is 93.0 Å². The average Bonchev–Trinajstić information content (AvgIpc) is 3.36. The highest BCUT2D eigenvalue weighted by Gasteiger charge is 2.56. The predicted molar refractivity (Wildman–Crippen MR) is 176 cm³/mol. The summed E-state index contributed by atoms with van der Waals surface area (Å²) in [6.07, 6.45) is 3.83. The molecule has 2 N–H and O–H groups in total. The van der Waals surface area contributed by atoms with Crippen LogP contribution in [-0.4, -0.2) is 56.1 Å². The molecule has 42 heavy (non-hydrogen) atoms. The molecule has 2 aliphatic rings. The van der Waals surface area contributed by atoms with E-state index in [2.05, 4.69) is 104 Å². The van der Waals surface area contributed by atoms with Crippen molar-refractivity contribution in [3.8, 4) is 0 Å². The van der Waals surface area contributed by atoms with Gasteiger partial charge in [0.1, 0.15) is 5.82 Å². The summed E-state index contributed by atoms with van der Waals surface area (Å²) in [5.41, 5.74) is 6.97. The summed E-state index contributed by atoms with van der Waals surface area (Å²) in [5, 5.41) is 5.46. The standard InChI is InChI=1S/C35H42ClN3O2Si/c1-34(2,3)42(28-11-7-5-8-12-28,29-13-9-6-10-14-29)41-32-23-40-24-35(32,4)39-17-15-25(16-18-39)30-19-26-21-33(37)38-22-27(26)20-31(30)36/h5-14,19-22,25,32H,15-18,23-24H2,1-4H3,(H2,37,38). The van der Waals surface area contributed by atoms with Gasteiger partial charge < -0.3 is 14.9 Å². The Hall–Kier alpha value is -2.74. The fourth-order valence-corrected chi connectivity index (χ4v) is 12.3. The second-order valence-electron chi connectivity index (χ2n) is 13.2. The molecule has 0 radical (unpaired) electrons. The molecule has 6 rings (SSSR count). The second-order valence-corrected chi connectivity index (χ2v) is 17.9. The molecule has 0 bridgehead atoms. The van der Waals surface area contributed by atoms with Crippen molar-refractivity contribution in [3.05, 3.63) is 95.6 Å². The monoisotopic (exact) mass is 599 g/mol. The van der Waals surface area contributed by atoms with Gasteiger partial charge >= 0.3 is 0 Å². The van der Waals surface area contributed by atoms with E-state index < -0.39 is 8.32 Å². The Morgan fingerprint density at radius 3 is 2.17 bits per heavy atom. The van der Waals surface area contributed by atoms with Gasteiger partial charge in [0.15, 0.2) is 0 Å². The number of benzene rings is 3. The number of rotatable bonds is 6. The van der Waals surface area contributed by atoms with Crippen molar-refractivity contribution in [2.75, 3.05) is 32.0 Å². The summed E-state index contributed by atoms with van der Waals surface area (Å²) in [7, 11) is -2.71. The minimum atomic E-state index is -2.71. The van der Waals surface area contributed by atoms with Gasteiger partial charge in [-0.2, -0.15) is 0 Å². The fourth-order valence-electron chi connectivity index (χ4n) is 7.22. The third-order valence-corrected chi connectivity index (χ3v) is 15.0. The molecule has 0 aliphatic carbocycles. The predicted octanol–water partition coefficient (Wildman–Crippen LogP) is 6.38. The van der Waals surface area contributed by atoms with Crippen LogP contribution >= 0.6 is 11.6 Å². The quantitative estimate of drug-likeness (QED) is 0.261. The molecule has 3 aromatic carbocycles. The Morgan fingerprint density at radius 1 is 0.952 bits per heavy atom. The highest BCUT2D eigenvalue weighted by molar-refractivity contribution is 6.99. The molecule has 2 saturated heterocycles. The first-order valence-corrected chi connectivity index (χ1v) is 17.4. The first-order valence-electron chi connectivity index (χ1n) is 15.1. The lowest BCUT2D eigenvalue weighted by molar-refractivity contribution is 0.00484. The number of ether oxygens (including phenoxy) is 1. The highest BCUT2D eigenvalue weighted by Crippen LogP contribution is 2.43. The Balaban J connectivity index is 1.28. The minimum absolute atomic E-state index is 0.0416. The number of hydrogen-bond donors (Lipinski definition) is 1. The van der Waals surface area contributed by atoms with E-state index in [1.165, 1.54) is 15.9 Å². The normalized spacial score (nSPS) is 22.5. The summed E-state index contributed by atoms with van der Waals surface area (Å²) >= 11 is 6.81. The number of nitrogens with two attached hydrogens (primary N) is 1. The van der Waals surface area contributed by atoms with Gasteiger partial charge in [-0.15, -0.1) is 0 Å². The third kappa shape index (κ3) is 5.18. The summed E-state index contributed by atoms with van der Waals surface area (Å²) in [4.78, 5) is 6.85. The van der Waals surface area contributed by atoms with Gasteiger partial charge in [0.25, 0.3) is 8.32 Å². The zero-order valence-electron chi connectivity index (χ0n) is 25.1. The summed E-state index contributed by atoms with van der Waals surface area (Å²) in [6.45, 7) is 12.6. The number of nitrogen functional groups attached to an aromatic ring is 1. The van der Waals surface area contributed by atoms with Crippen LogP contribution in [0.25, 0.3) is 10.8 Å². The number of halogens is 1. The molecule has 0 saturated carbocycles. The number of anilines is 1. The van der Waals surface area contributed by atoms with E-state index in [1.807, 2.05) is 12.1 Å². The Kier molecular flexibility index (Phi) is 7.96. The molecule has 7 heteroatoms. The van der Waals surface area contributed by atoms with E-state index >= 15 is 0 Å². The second kappa shape index (κ2) is 11.4. The highest BCUT2D eigenvalue weighted by atomic mass is 35.5. The van der Waals surface area contributed by atoms with Crippen LogP contribution in [0.15, 0.2) is 85.1 Å². The third-order valence-electron chi connectivity index (χ3n) is 9.61. The molecule has 2 atom stereocenters. The van der Waals surface area contributed by atoms with Crippen molar-refractivity contribution in [3.63, 3.8) is 0 Å². The van der Waals surface area contributed by atoms with Crippen LogP contribution in [0, 0.1) is 0 Å². The lowest BCUT2D eigenvalue weighted by Gasteiger charge is -2.50. The summed E-state index contributed by atoms with van der Waals surface area (Å²) < 4.78 is 13.9. The maximum absolute atomic E-state index is 7.63. The lowest BCUT2D eigenvalue weighted by Crippen LogP contribution is -2.70. The molecule has 1 aromatic heterocycles. The first-order chi connectivity index (χ1) is 20.1. The molecule has 2 unspecified atom stereocenters. The Morgan fingerprint density at radius 2 is 1.57 bits per heavy atom. The number of likely N-dealkylation sites (tertiary alicyclic amines) is 1. The smallest absolute Gasteiger partial charge is 0.261 e. The van der Waals surface area contributed by atoms with Crippen LogP contribution < -0.4 is 16.1 Å². The van der Waals surface area contributed by atoms with Gasteiger partial charge in [0, 0.05) is 16.6 Å². The van der Waals surface area contributed by atoms with Crippen molar-refractivity contribution in [1.82, 2.24) is 9.88 Å². The molecular formula is C35H42ClN3O2Si. The largest absolute Gasteiger partial charge is 0.400 e. The van der Waals surface area contributed by atoms with E-state index in [9.17, 15) is 0 Å². The minimum Gasteiger partial charge on any atom is -0.400 e. The van der Waals surface area contributed by atoms with Crippen LogP contribution in [0.4, 0.5) is 5.82 Å². The summed E-state index contributed by atoms with van der Waals surface area (Å²) in [6, 6.07) is 28.0. The molecule has 0 spiro atoms. The average molecular weight is 600 g/mol. The van der Waals surface area contributed by atoms with E-state index in [-0.39, 0.29) is 16.7 Å². The lowest BCUT2D eigenvalue weighted by atomic mass is 9.85. The van der Waals surface area contributed by atoms with Crippen molar-refractivity contribution < 1.29 is 9.16 Å². The molecule has 5 nitrogen and oxygen atoms in total. The maximum Gasteiger partial charge on any atom is 0.261 e. The number of pyridine rings is 1. The van der Waals surface area contributed by atoms with Gasteiger partial charge in [-0.05, 0) is 83.3 Å². The van der Waals surface area contributed by atoms with E-state index in [0.717, 1.165) is 41.7 Å². The maximum atomic E-state index is 7.63. The van der Waals surface area contributed by atoms with Crippen molar-refractivity contribution in [2.24, 2.45) is 0 Å². The number of nitrogens with zero attached hydrogens (tertiary/aromatic N) is 2. The van der Waals surface area contributed by atoms with Crippen LogP contribution in [0.3, 0.4) is 0 Å². The zero-order chi connectivity index (χ0) is 29.5. The number of aromatic nitrogens is 1. The number of fused-ring (bicyclic) bond motifs is 1. The zero-order valence-corrected chi connectivity index (χ0v) is 26.9. The molecule has 220 valence electrons. The summed E-state index contributed by atoms with van der Waals surface area (Å²) in [5.74, 6) is 0.932. The molecular weight excluding hydrogens is 558 g/mol. The van der Waals surface area contributed by atoms with Crippen molar-refractivity contribution in [2.45, 2.75) is 63.1 Å². The molecule has 2 fully saturated rings. The topological polar surface area (TPSA) is 60.6 Å². The van der Waals surface area contributed by atoms with E-state index in [4.69, 9.17) is 26.5 Å². The fraction of sp³-hybridized carbons (Fsp3) is 0.400. The van der Waals surface area contributed by atoms with Crippen LogP contribution in [0.1, 0.15) is 52.0 Å². The molecule has 4 aromatic rings. The molecule has 2 aliphatic heterocycles. The van der Waals surface area contributed by atoms with Gasteiger partial charge in [-0.25, -0.2) is 4.98 Å². The van der Waals surface area contributed by atoms with Crippen LogP contribution in [-0.2, 0) is 9.16 Å². The SMILES string of the molecule is CC1(N2CCC(c3cc4cc(N)ncc4cc3Cl)CC2)COCC1O[Si](c1ccccc1)(c1ccccc1)C(C)(C)C. The molecule has 0 amide bonds. The Bertz CT molecular complexity index is 1500. The van der Waals surface area contributed by atoms with Gasteiger partial charge in [-0.3, -0.25) is 4.90 Å². The number of piperidine rings is 1. The number of hydrogen-bond acceptors (Lipinski definition) is 5. The van der Waals surface area contributed by atoms with Crippen LogP contribution in [0.2, 0.25) is 10.1 Å².